The first kappa shape index (κ1) is 10.6. The lowest BCUT2D eigenvalue weighted by Crippen LogP contribution is -2.33. The normalized spacial score (nSPS) is 10.9. The van der Waals surface area contributed by atoms with Crippen LogP contribution in [0.4, 0.5) is 0 Å². The molecule has 0 aliphatic heterocycles. The van der Waals surface area contributed by atoms with E-state index >= 15 is 0 Å². The van der Waals surface area contributed by atoms with Gasteiger partial charge in [-0.05, 0) is 6.42 Å². The summed E-state index contributed by atoms with van der Waals surface area (Å²) in [5, 5.41) is 2.74. The molecule has 0 aliphatic carbocycles. The molecule has 64 valence electrons. The minimum Gasteiger partial charge on any atom is -0.352 e. The lowest BCUT2D eigenvalue weighted by Gasteiger charge is -2.12. The minimum absolute atomic E-state index is 0.0656. The number of carbonyl (C=O) groups is 1. The second-order valence-electron chi connectivity index (χ2n) is 2.46. The molecule has 2 nitrogen and oxygen atoms in total. The predicted octanol–water partition coefficient (Wildman–Crippen LogP) is 0.928. The van der Waals surface area contributed by atoms with Crippen molar-refractivity contribution in [2.75, 3.05) is 0 Å². The first-order valence-corrected chi connectivity index (χ1v) is 3.90. The van der Waals surface area contributed by atoms with Gasteiger partial charge in [-0.15, -0.1) is 18.8 Å². The van der Waals surface area contributed by atoms with E-state index in [1.807, 2.05) is 6.92 Å². The second kappa shape index (κ2) is 6.31. The van der Waals surface area contributed by atoms with E-state index in [1.165, 1.54) is 0 Å². The van der Waals surface area contributed by atoms with Gasteiger partial charge in [-0.1, -0.05) is 12.8 Å². The number of amides is 1. The molecular weight excluding hydrogens is 150 g/mol. The highest BCUT2D eigenvalue weighted by atomic mass is 16.1. The van der Waals surface area contributed by atoms with Crippen molar-refractivity contribution in [1.29, 1.82) is 0 Å². The van der Waals surface area contributed by atoms with Crippen LogP contribution in [0.3, 0.4) is 0 Å². The molecule has 0 aromatic heterocycles. The quantitative estimate of drug-likeness (QED) is 0.614. The molecule has 0 saturated heterocycles. The van der Waals surface area contributed by atoms with E-state index in [2.05, 4.69) is 17.2 Å². The zero-order valence-corrected chi connectivity index (χ0v) is 7.26. The van der Waals surface area contributed by atoms with Gasteiger partial charge in [0.1, 0.15) is 0 Å². The predicted molar refractivity (Wildman–Crippen MR) is 49.1 cm³/mol. The van der Waals surface area contributed by atoms with Crippen LogP contribution in [-0.2, 0) is 4.79 Å². The first-order chi connectivity index (χ1) is 5.74. The van der Waals surface area contributed by atoms with Gasteiger partial charge in [0.15, 0.2) is 0 Å². The topological polar surface area (TPSA) is 29.1 Å². The summed E-state index contributed by atoms with van der Waals surface area (Å²) in [5.41, 5.74) is 0. The van der Waals surface area contributed by atoms with Crippen molar-refractivity contribution in [2.24, 2.45) is 0 Å². The molecule has 1 atom stereocenters. The third kappa shape index (κ3) is 4.41. The van der Waals surface area contributed by atoms with Gasteiger partial charge in [0.05, 0.1) is 6.42 Å². The summed E-state index contributed by atoms with van der Waals surface area (Å²) in [6.07, 6.45) is 11.6. The Morgan fingerprint density at radius 2 is 2.17 bits per heavy atom. The van der Waals surface area contributed by atoms with E-state index < -0.39 is 0 Å². The standard InChI is InChI=1S/C10H13NO/c1-4-7-9(6-3)11-10(12)8-5-2/h1-2,9H,6-8H2,3H3,(H,11,12). The molecule has 0 aromatic carbocycles. The third-order valence-electron chi connectivity index (χ3n) is 1.48. The maximum Gasteiger partial charge on any atom is 0.232 e. The molecule has 12 heavy (non-hydrogen) atoms. The minimum atomic E-state index is -0.125. The fraction of sp³-hybridized carbons (Fsp3) is 0.500. The lowest BCUT2D eigenvalue weighted by atomic mass is 10.1. The highest BCUT2D eigenvalue weighted by molar-refractivity contribution is 5.78. The number of carbonyl (C=O) groups excluding carboxylic acids is 1. The van der Waals surface area contributed by atoms with Crippen molar-refractivity contribution in [3.05, 3.63) is 0 Å². The molecule has 0 heterocycles. The SMILES string of the molecule is C#CCC(=O)NC(CC)CC#C. The molecule has 1 amide bonds. The number of nitrogens with one attached hydrogen (secondary N) is 1. The van der Waals surface area contributed by atoms with Gasteiger partial charge in [-0.25, -0.2) is 0 Å². The number of hydrogen-bond acceptors (Lipinski definition) is 1. The maximum atomic E-state index is 11.0. The average molecular weight is 163 g/mol. The Bertz CT molecular complexity index is 219. The fourth-order valence-electron chi connectivity index (χ4n) is 0.811. The van der Waals surface area contributed by atoms with Gasteiger partial charge in [-0.3, -0.25) is 4.79 Å². The molecule has 1 N–H and O–H groups in total. The van der Waals surface area contributed by atoms with E-state index in [9.17, 15) is 4.79 Å². The van der Waals surface area contributed by atoms with Crippen LogP contribution in [0.25, 0.3) is 0 Å². The first-order valence-electron chi connectivity index (χ1n) is 3.90. The zero-order valence-electron chi connectivity index (χ0n) is 7.26. The van der Waals surface area contributed by atoms with Crippen molar-refractivity contribution in [3.8, 4) is 24.7 Å². The van der Waals surface area contributed by atoms with Crippen LogP contribution in [0.2, 0.25) is 0 Å². The Morgan fingerprint density at radius 1 is 1.50 bits per heavy atom. The summed E-state index contributed by atoms with van der Waals surface area (Å²) in [6, 6.07) is 0.0656. The molecule has 1 unspecified atom stereocenters. The summed E-state index contributed by atoms with van der Waals surface area (Å²) in [7, 11) is 0. The smallest absolute Gasteiger partial charge is 0.232 e. The average Bonchev–Trinajstić information content (AvgIpc) is 2.04. The van der Waals surface area contributed by atoms with Gasteiger partial charge in [0.2, 0.25) is 5.91 Å². The van der Waals surface area contributed by atoms with Crippen molar-refractivity contribution in [3.63, 3.8) is 0 Å². The molecule has 0 saturated carbocycles. The Hall–Kier alpha value is -1.41. The van der Waals surface area contributed by atoms with Gasteiger partial charge in [-0.2, -0.15) is 0 Å². The molecule has 0 rings (SSSR count). The highest BCUT2D eigenvalue weighted by Crippen LogP contribution is 1.96. The van der Waals surface area contributed by atoms with E-state index in [0.717, 1.165) is 6.42 Å². The molecule has 0 fully saturated rings. The van der Waals surface area contributed by atoms with Gasteiger partial charge in [0, 0.05) is 12.5 Å². The van der Waals surface area contributed by atoms with Crippen LogP contribution in [0.5, 0.6) is 0 Å². The number of rotatable bonds is 4. The van der Waals surface area contributed by atoms with Crippen molar-refractivity contribution < 1.29 is 4.79 Å². The van der Waals surface area contributed by atoms with E-state index in [-0.39, 0.29) is 18.4 Å². The molecule has 0 spiro atoms. The van der Waals surface area contributed by atoms with Crippen molar-refractivity contribution in [1.82, 2.24) is 5.32 Å². The van der Waals surface area contributed by atoms with Gasteiger partial charge in [0.25, 0.3) is 0 Å². The summed E-state index contributed by atoms with van der Waals surface area (Å²) in [6.45, 7) is 1.97. The molecule has 0 radical (unpaired) electrons. The second-order valence-corrected chi connectivity index (χ2v) is 2.46. The number of terminal acetylenes is 2. The Morgan fingerprint density at radius 3 is 2.58 bits per heavy atom. The molecule has 2 heteroatoms. The van der Waals surface area contributed by atoms with E-state index in [1.54, 1.807) is 0 Å². The monoisotopic (exact) mass is 163 g/mol. The summed E-state index contributed by atoms with van der Waals surface area (Å²) in [4.78, 5) is 11.0. The summed E-state index contributed by atoms with van der Waals surface area (Å²) >= 11 is 0. The van der Waals surface area contributed by atoms with Crippen molar-refractivity contribution >= 4 is 5.91 Å². The summed E-state index contributed by atoms with van der Waals surface area (Å²) in [5.74, 6) is 4.65. The Labute approximate surface area is 73.7 Å². The molecular formula is C10H13NO. The molecule has 0 aliphatic rings. The van der Waals surface area contributed by atoms with E-state index in [4.69, 9.17) is 12.8 Å². The fourth-order valence-corrected chi connectivity index (χ4v) is 0.811. The lowest BCUT2D eigenvalue weighted by molar-refractivity contribution is -0.120. The van der Waals surface area contributed by atoms with Crippen LogP contribution in [-0.4, -0.2) is 11.9 Å². The van der Waals surface area contributed by atoms with Crippen LogP contribution in [0.1, 0.15) is 26.2 Å². The van der Waals surface area contributed by atoms with Crippen LogP contribution >= 0.6 is 0 Å². The third-order valence-corrected chi connectivity index (χ3v) is 1.48. The van der Waals surface area contributed by atoms with Crippen LogP contribution in [0, 0.1) is 24.7 Å². The van der Waals surface area contributed by atoms with Crippen LogP contribution in [0.15, 0.2) is 0 Å². The zero-order chi connectivity index (χ0) is 9.40. The Balaban J connectivity index is 3.80. The van der Waals surface area contributed by atoms with Gasteiger partial charge >= 0.3 is 0 Å². The van der Waals surface area contributed by atoms with Gasteiger partial charge < -0.3 is 5.32 Å². The van der Waals surface area contributed by atoms with Crippen molar-refractivity contribution in [2.45, 2.75) is 32.2 Å². The summed E-state index contributed by atoms with van der Waals surface area (Å²) < 4.78 is 0. The van der Waals surface area contributed by atoms with Crippen LogP contribution < -0.4 is 5.32 Å². The number of hydrogen-bond donors (Lipinski definition) is 1. The molecule has 0 bridgehead atoms. The Kier molecular flexibility index (Phi) is 5.57. The van der Waals surface area contributed by atoms with E-state index in [0.29, 0.717) is 6.42 Å². The molecule has 0 aromatic rings. The highest BCUT2D eigenvalue weighted by Gasteiger charge is 2.06. The largest absolute Gasteiger partial charge is 0.352 e. The maximum absolute atomic E-state index is 11.0.